The molecule has 0 saturated carbocycles. The predicted molar refractivity (Wildman–Crippen MR) is 72.5 cm³/mol. The maximum Gasteiger partial charge on any atom is 0.313 e. The van der Waals surface area contributed by atoms with E-state index in [-0.39, 0.29) is 5.82 Å². The Morgan fingerprint density at radius 1 is 0.947 bits per heavy atom. The van der Waals surface area contributed by atoms with Crippen molar-refractivity contribution in [3.8, 4) is 11.1 Å². The highest BCUT2D eigenvalue weighted by molar-refractivity contribution is 5.80. The van der Waals surface area contributed by atoms with Gasteiger partial charge in [-0.25, -0.2) is 4.39 Å². The molecule has 2 aromatic rings. The van der Waals surface area contributed by atoms with Crippen molar-refractivity contribution in [1.82, 2.24) is 0 Å². The lowest BCUT2D eigenvalue weighted by Gasteiger charge is -2.19. The zero-order valence-corrected chi connectivity index (χ0v) is 10.9. The van der Waals surface area contributed by atoms with Gasteiger partial charge in [0.05, 0.1) is 5.41 Å². The lowest BCUT2D eigenvalue weighted by atomic mass is 9.84. The second-order valence-electron chi connectivity index (χ2n) is 5.01. The number of hydrogen-bond acceptors (Lipinski definition) is 1. The summed E-state index contributed by atoms with van der Waals surface area (Å²) >= 11 is 0. The van der Waals surface area contributed by atoms with E-state index in [1.54, 1.807) is 38.1 Å². The maximum atomic E-state index is 12.8. The van der Waals surface area contributed by atoms with E-state index in [1.165, 1.54) is 12.1 Å². The molecule has 2 rings (SSSR count). The smallest absolute Gasteiger partial charge is 0.313 e. The van der Waals surface area contributed by atoms with E-state index in [1.807, 2.05) is 12.1 Å². The third-order valence-corrected chi connectivity index (χ3v) is 3.32. The van der Waals surface area contributed by atoms with Crippen molar-refractivity contribution in [1.29, 1.82) is 0 Å². The standard InChI is InChI=1S/C16H15FO2/c1-16(2,15(18)19)13-7-3-11(4-8-13)12-5-9-14(17)10-6-12/h3-10H,1-2H3,(H,18,19). The van der Waals surface area contributed by atoms with Gasteiger partial charge in [0, 0.05) is 0 Å². The summed E-state index contributed by atoms with van der Waals surface area (Å²) in [5, 5.41) is 9.17. The average molecular weight is 258 g/mol. The molecule has 0 spiro atoms. The summed E-state index contributed by atoms with van der Waals surface area (Å²) in [5.41, 5.74) is 1.67. The van der Waals surface area contributed by atoms with Gasteiger partial charge in [0.15, 0.2) is 0 Å². The van der Waals surface area contributed by atoms with Crippen molar-refractivity contribution in [2.75, 3.05) is 0 Å². The van der Waals surface area contributed by atoms with Crippen molar-refractivity contribution >= 4 is 5.97 Å². The summed E-state index contributed by atoms with van der Waals surface area (Å²) in [6, 6.07) is 13.5. The van der Waals surface area contributed by atoms with E-state index in [0.29, 0.717) is 0 Å². The Balaban J connectivity index is 2.33. The van der Waals surface area contributed by atoms with Gasteiger partial charge in [-0.2, -0.15) is 0 Å². The van der Waals surface area contributed by atoms with Crippen molar-refractivity contribution in [3.63, 3.8) is 0 Å². The third kappa shape index (κ3) is 2.65. The minimum absolute atomic E-state index is 0.271. The second-order valence-corrected chi connectivity index (χ2v) is 5.01. The van der Waals surface area contributed by atoms with Crippen LogP contribution in [0.25, 0.3) is 11.1 Å². The van der Waals surface area contributed by atoms with Crippen LogP contribution in [0.4, 0.5) is 4.39 Å². The first-order chi connectivity index (χ1) is 8.91. The van der Waals surface area contributed by atoms with E-state index in [2.05, 4.69) is 0 Å². The fourth-order valence-corrected chi connectivity index (χ4v) is 1.85. The molecular formula is C16H15FO2. The SMILES string of the molecule is CC(C)(C(=O)O)c1ccc(-c2ccc(F)cc2)cc1. The number of benzene rings is 2. The number of aliphatic carboxylic acids is 1. The van der Waals surface area contributed by atoms with Crippen LogP contribution in [0.5, 0.6) is 0 Å². The van der Waals surface area contributed by atoms with E-state index in [9.17, 15) is 9.18 Å². The van der Waals surface area contributed by atoms with Crippen LogP contribution < -0.4 is 0 Å². The zero-order chi connectivity index (χ0) is 14.0. The first kappa shape index (κ1) is 13.3. The minimum atomic E-state index is -0.915. The van der Waals surface area contributed by atoms with Gasteiger partial charge in [-0.1, -0.05) is 36.4 Å². The molecule has 0 radical (unpaired) electrons. The number of carboxylic acids is 1. The van der Waals surface area contributed by atoms with E-state index < -0.39 is 11.4 Å². The fraction of sp³-hybridized carbons (Fsp3) is 0.188. The van der Waals surface area contributed by atoms with Crippen LogP contribution in [-0.2, 0) is 10.2 Å². The van der Waals surface area contributed by atoms with Crippen LogP contribution in [0.2, 0.25) is 0 Å². The Labute approximate surface area is 111 Å². The molecule has 98 valence electrons. The molecule has 0 atom stereocenters. The number of carboxylic acid groups (broad SMARTS) is 1. The van der Waals surface area contributed by atoms with Crippen molar-refractivity contribution in [3.05, 3.63) is 59.9 Å². The highest BCUT2D eigenvalue weighted by Gasteiger charge is 2.29. The van der Waals surface area contributed by atoms with E-state index in [0.717, 1.165) is 16.7 Å². The zero-order valence-electron chi connectivity index (χ0n) is 10.9. The molecule has 0 aliphatic carbocycles. The molecule has 0 saturated heterocycles. The van der Waals surface area contributed by atoms with E-state index >= 15 is 0 Å². The lowest BCUT2D eigenvalue weighted by Crippen LogP contribution is -2.28. The lowest BCUT2D eigenvalue weighted by molar-refractivity contribution is -0.142. The minimum Gasteiger partial charge on any atom is -0.481 e. The molecule has 0 aliphatic heterocycles. The van der Waals surface area contributed by atoms with Crippen molar-refractivity contribution in [2.45, 2.75) is 19.3 Å². The molecule has 2 aromatic carbocycles. The highest BCUT2D eigenvalue weighted by atomic mass is 19.1. The Hall–Kier alpha value is -2.16. The van der Waals surface area contributed by atoms with Crippen LogP contribution in [0.3, 0.4) is 0 Å². The molecule has 0 heterocycles. The molecule has 3 heteroatoms. The molecule has 0 unspecified atom stereocenters. The second kappa shape index (κ2) is 4.84. The molecule has 0 bridgehead atoms. The van der Waals surface area contributed by atoms with E-state index in [4.69, 9.17) is 5.11 Å². The normalized spacial score (nSPS) is 11.3. The van der Waals surface area contributed by atoms with Crippen molar-refractivity contribution < 1.29 is 14.3 Å². The topological polar surface area (TPSA) is 37.3 Å². The summed E-state index contributed by atoms with van der Waals surface area (Å²) in [4.78, 5) is 11.2. The molecular weight excluding hydrogens is 243 g/mol. The van der Waals surface area contributed by atoms with Gasteiger partial charge >= 0.3 is 5.97 Å². The van der Waals surface area contributed by atoms with Gasteiger partial charge in [0.25, 0.3) is 0 Å². The molecule has 0 aliphatic rings. The van der Waals surface area contributed by atoms with Gasteiger partial charge in [-0.05, 0) is 42.7 Å². The van der Waals surface area contributed by atoms with Crippen LogP contribution >= 0.6 is 0 Å². The number of rotatable bonds is 3. The number of halogens is 1. The Bertz CT molecular complexity index is 583. The van der Waals surface area contributed by atoms with Crippen LogP contribution in [0.15, 0.2) is 48.5 Å². The van der Waals surface area contributed by atoms with Crippen LogP contribution in [0, 0.1) is 5.82 Å². The molecule has 2 nitrogen and oxygen atoms in total. The molecule has 19 heavy (non-hydrogen) atoms. The first-order valence-corrected chi connectivity index (χ1v) is 6.01. The molecule has 1 N–H and O–H groups in total. The molecule has 0 fully saturated rings. The molecule has 0 amide bonds. The summed E-state index contributed by atoms with van der Waals surface area (Å²) < 4.78 is 12.8. The van der Waals surface area contributed by atoms with Crippen molar-refractivity contribution in [2.24, 2.45) is 0 Å². The number of hydrogen-bond donors (Lipinski definition) is 1. The monoisotopic (exact) mass is 258 g/mol. The van der Waals surface area contributed by atoms with Gasteiger partial charge in [-0.15, -0.1) is 0 Å². The average Bonchev–Trinajstić information content (AvgIpc) is 2.39. The quantitative estimate of drug-likeness (QED) is 0.907. The Morgan fingerprint density at radius 3 is 1.79 bits per heavy atom. The summed E-state index contributed by atoms with van der Waals surface area (Å²) in [6.07, 6.45) is 0. The first-order valence-electron chi connectivity index (χ1n) is 6.01. The van der Waals surface area contributed by atoms with Crippen LogP contribution in [0.1, 0.15) is 19.4 Å². The Morgan fingerprint density at radius 2 is 1.37 bits per heavy atom. The summed E-state index contributed by atoms with van der Waals surface area (Å²) in [5.74, 6) is -1.13. The highest BCUT2D eigenvalue weighted by Crippen LogP contribution is 2.27. The third-order valence-electron chi connectivity index (χ3n) is 3.32. The van der Waals surface area contributed by atoms with Gasteiger partial charge in [0.1, 0.15) is 5.82 Å². The summed E-state index contributed by atoms with van der Waals surface area (Å²) in [6.45, 7) is 3.34. The van der Waals surface area contributed by atoms with Crippen LogP contribution in [-0.4, -0.2) is 11.1 Å². The van der Waals surface area contributed by atoms with Gasteiger partial charge in [0.2, 0.25) is 0 Å². The van der Waals surface area contributed by atoms with Gasteiger partial charge < -0.3 is 5.11 Å². The Kier molecular flexibility index (Phi) is 3.38. The fourth-order valence-electron chi connectivity index (χ4n) is 1.85. The van der Waals surface area contributed by atoms with Gasteiger partial charge in [-0.3, -0.25) is 4.79 Å². The predicted octanol–water partition coefficient (Wildman–Crippen LogP) is 3.85. The largest absolute Gasteiger partial charge is 0.481 e. The number of carbonyl (C=O) groups is 1. The molecule has 0 aromatic heterocycles. The maximum absolute atomic E-state index is 12.8. The summed E-state index contributed by atoms with van der Waals surface area (Å²) in [7, 11) is 0.